The smallest absolute Gasteiger partial charge is 0.321 e. The number of hydrogen-bond acceptors (Lipinski definition) is 3. The summed E-state index contributed by atoms with van der Waals surface area (Å²) in [5, 5.41) is 10.6. The Hall–Kier alpha value is -2.84. The molecule has 1 fully saturated rings. The predicted octanol–water partition coefficient (Wildman–Crippen LogP) is 4.04. The molecule has 0 spiro atoms. The van der Waals surface area contributed by atoms with Crippen LogP contribution in [-0.2, 0) is 5.54 Å². The molecule has 0 bridgehead atoms. The Kier molecular flexibility index (Phi) is 7.00. The van der Waals surface area contributed by atoms with Crippen molar-refractivity contribution in [3.05, 3.63) is 77.4 Å². The molecular weight excluding hydrogens is 443 g/mol. The average Bonchev–Trinajstić information content (AvgIpc) is 3.14. The number of aliphatic hydroxyl groups is 1. The zero-order valence-electron chi connectivity index (χ0n) is 19.4. The van der Waals surface area contributed by atoms with E-state index in [0.717, 1.165) is 18.2 Å². The Labute approximate surface area is 198 Å². The first-order valence-corrected chi connectivity index (χ1v) is 11.5. The second-order valence-electron chi connectivity index (χ2n) is 9.26. The highest BCUT2D eigenvalue weighted by molar-refractivity contribution is 5.83. The van der Waals surface area contributed by atoms with Gasteiger partial charge in [-0.2, -0.15) is 0 Å². The van der Waals surface area contributed by atoms with E-state index in [0.29, 0.717) is 30.6 Å². The average molecular weight is 474 g/mol. The molecular formula is C26H30F3N3O2. The van der Waals surface area contributed by atoms with Crippen LogP contribution in [0.15, 0.2) is 54.6 Å². The maximum atomic E-state index is 14.7. The van der Waals surface area contributed by atoms with Crippen molar-refractivity contribution in [3.63, 3.8) is 0 Å². The number of rotatable bonds is 4. The normalized spacial score (nSPS) is 25.7. The van der Waals surface area contributed by atoms with Crippen LogP contribution in [0.3, 0.4) is 0 Å². The van der Waals surface area contributed by atoms with E-state index in [-0.39, 0.29) is 24.6 Å². The van der Waals surface area contributed by atoms with Crippen LogP contribution in [-0.4, -0.2) is 78.4 Å². The number of carbonyl (C=O) groups is 1. The minimum Gasteiger partial charge on any atom is -0.393 e. The second kappa shape index (κ2) is 9.80. The van der Waals surface area contributed by atoms with Crippen LogP contribution in [0.25, 0.3) is 5.57 Å². The zero-order valence-corrected chi connectivity index (χ0v) is 19.4. The highest BCUT2D eigenvalue weighted by atomic mass is 19.1. The first-order valence-electron chi connectivity index (χ1n) is 11.5. The van der Waals surface area contributed by atoms with Crippen LogP contribution in [0.1, 0.15) is 24.0 Å². The summed E-state index contributed by atoms with van der Waals surface area (Å²) >= 11 is 0. The highest BCUT2D eigenvalue weighted by Gasteiger charge is 2.46. The van der Waals surface area contributed by atoms with Gasteiger partial charge in [0.1, 0.15) is 23.3 Å². The maximum absolute atomic E-state index is 14.7. The third-order valence-corrected chi connectivity index (χ3v) is 6.97. The Morgan fingerprint density at radius 3 is 2.65 bits per heavy atom. The summed E-state index contributed by atoms with van der Waals surface area (Å²) in [6, 6.07) is 11.4. The lowest BCUT2D eigenvalue weighted by Gasteiger charge is -2.41. The van der Waals surface area contributed by atoms with Gasteiger partial charge in [-0.05, 0) is 55.4 Å². The van der Waals surface area contributed by atoms with E-state index in [4.69, 9.17) is 0 Å². The Morgan fingerprint density at radius 2 is 1.94 bits per heavy atom. The lowest BCUT2D eigenvalue weighted by Crippen LogP contribution is -2.54. The fourth-order valence-corrected chi connectivity index (χ4v) is 5.04. The Bertz CT molecular complexity index is 1060. The number of likely N-dealkylation sites (tertiary alicyclic amines) is 1. The zero-order chi connectivity index (χ0) is 24.5. The number of carbonyl (C=O) groups excluding carboxylic acids is 1. The molecule has 0 radical (unpaired) electrons. The molecule has 1 saturated heterocycles. The van der Waals surface area contributed by atoms with Crippen molar-refractivity contribution in [1.82, 2.24) is 14.7 Å². The fourth-order valence-electron chi connectivity index (χ4n) is 5.04. The largest absolute Gasteiger partial charge is 0.393 e. The van der Waals surface area contributed by atoms with Crippen LogP contribution in [0.5, 0.6) is 0 Å². The van der Waals surface area contributed by atoms with Gasteiger partial charge in [-0.25, -0.2) is 18.0 Å². The van der Waals surface area contributed by atoms with Crippen LogP contribution in [0.2, 0.25) is 0 Å². The van der Waals surface area contributed by atoms with Gasteiger partial charge < -0.3 is 19.8 Å². The topological polar surface area (TPSA) is 47.0 Å². The summed E-state index contributed by atoms with van der Waals surface area (Å²) < 4.78 is 43.1. The molecule has 4 rings (SSSR count). The number of nitrogens with zero attached hydrogens (tertiary/aromatic N) is 3. The molecule has 182 valence electrons. The van der Waals surface area contributed by atoms with Gasteiger partial charge in [-0.1, -0.05) is 30.3 Å². The summed E-state index contributed by atoms with van der Waals surface area (Å²) in [4.78, 5) is 18.7. The lowest BCUT2D eigenvalue weighted by molar-refractivity contribution is 0.0758. The molecule has 34 heavy (non-hydrogen) atoms. The monoisotopic (exact) mass is 473 g/mol. The molecule has 2 amide bonds. The summed E-state index contributed by atoms with van der Waals surface area (Å²) in [7, 11) is 3.49. The third-order valence-electron chi connectivity index (χ3n) is 6.97. The molecule has 8 heteroatoms. The Balaban J connectivity index is 1.73. The Morgan fingerprint density at radius 1 is 1.21 bits per heavy atom. The number of amides is 2. The predicted molar refractivity (Wildman–Crippen MR) is 125 cm³/mol. The molecule has 3 atom stereocenters. The van der Waals surface area contributed by atoms with Crippen molar-refractivity contribution < 1.29 is 23.1 Å². The molecule has 2 aromatic carbocycles. The molecule has 2 aliphatic heterocycles. The van der Waals surface area contributed by atoms with Gasteiger partial charge in [0.05, 0.1) is 6.61 Å². The molecule has 0 aliphatic carbocycles. The quantitative estimate of drug-likeness (QED) is 0.729. The standard InChI is InChI=1S/C26H30F3N3O2/c1-30-11-10-22(12-21(28)16-30)31(2)25(34)32-15-18(23-13-20(27)8-9-24(23)29)14-26(32,17-33)19-6-4-3-5-7-19/h3-9,13-14,21-22,33H,10-12,15-17H2,1-2H3/t21-,22+,26-/m1/s1. The van der Waals surface area contributed by atoms with Gasteiger partial charge in [-0.3, -0.25) is 0 Å². The maximum Gasteiger partial charge on any atom is 0.321 e. The third kappa shape index (κ3) is 4.57. The van der Waals surface area contributed by atoms with E-state index in [1.165, 1.54) is 9.80 Å². The number of aliphatic hydroxyl groups excluding tert-OH is 1. The van der Waals surface area contributed by atoms with E-state index in [9.17, 15) is 23.1 Å². The van der Waals surface area contributed by atoms with E-state index in [1.807, 2.05) is 18.0 Å². The van der Waals surface area contributed by atoms with E-state index in [1.54, 1.807) is 37.4 Å². The number of halogens is 3. The molecule has 0 unspecified atom stereocenters. The first kappa shape index (κ1) is 24.3. The molecule has 2 heterocycles. The SMILES string of the molecule is CN1CC[C@H](N(C)C(=O)N2CC(c3cc(F)ccc3F)=C[C@@]2(CO)c2ccccc2)C[C@@H](F)C1. The molecule has 0 saturated carbocycles. The van der Waals surface area contributed by atoms with E-state index in [2.05, 4.69) is 0 Å². The van der Waals surface area contributed by atoms with Crippen molar-refractivity contribution >= 4 is 11.6 Å². The first-order chi connectivity index (χ1) is 16.2. The van der Waals surface area contributed by atoms with Crippen molar-refractivity contribution in [2.75, 3.05) is 40.3 Å². The summed E-state index contributed by atoms with van der Waals surface area (Å²) in [6.45, 7) is 0.503. The summed E-state index contributed by atoms with van der Waals surface area (Å²) in [6.07, 6.45) is 1.42. The summed E-state index contributed by atoms with van der Waals surface area (Å²) in [5.41, 5.74) is -0.167. The fraction of sp³-hybridized carbons (Fsp3) is 0.423. The van der Waals surface area contributed by atoms with Crippen molar-refractivity contribution in [3.8, 4) is 0 Å². The van der Waals surface area contributed by atoms with Gasteiger partial charge in [0.2, 0.25) is 0 Å². The van der Waals surface area contributed by atoms with E-state index >= 15 is 0 Å². The van der Waals surface area contributed by atoms with Gasteiger partial charge in [0, 0.05) is 38.2 Å². The minimum absolute atomic E-state index is 0.0231. The van der Waals surface area contributed by atoms with Gasteiger partial charge in [0.25, 0.3) is 0 Å². The number of alkyl halides is 1. The molecule has 1 N–H and O–H groups in total. The number of urea groups is 1. The number of hydrogen-bond donors (Lipinski definition) is 1. The van der Waals surface area contributed by atoms with Crippen LogP contribution < -0.4 is 0 Å². The van der Waals surface area contributed by atoms with Crippen LogP contribution >= 0.6 is 0 Å². The lowest BCUT2D eigenvalue weighted by atomic mass is 9.89. The van der Waals surface area contributed by atoms with Gasteiger partial charge >= 0.3 is 6.03 Å². The molecule has 2 aromatic rings. The highest BCUT2D eigenvalue weighted by Crippen LogP contribution is 2.41. The molecule has 0 aromatic heterocycles. The second-order valence-corrected chi connectivity index (χ2v) is 9.26. The van der Waals surface area contributed by atoms with Crippen LogP contribution in [0.4, 0.5) is 18.0 Å². The van der Waals surface area contributed by atoms with Crippen molar-refractivity contribution in [2.24, 2.45) is 0 Å². The van der Waals surface area contributed by atoms with Crippen molar-refractivity contribution in [2.45, 2.75) is 30.6 Å². The minimum atomic E-state index is -1.27. The summed E-state index contributed by atoms with van der Waals surface area (Å²) in [5.74, 6) is -1.20. The van der Waals surface area contributed by atoms with E-state index < -0.39 is 36.0 Å². The number of benzene rings is 2. The molecule has 5 nitrogen and oxygen atoms in total. The van der Waals surface area contributed by atoms with Gasteiger partial charge in [-0.15, -0.1) is 0 Å². The van der Waals surface area contributed by atoms with Gasteiger partial charge in [0.15, 0.2) is 0 Å². The van der Waals surface area contributed by atoms with Crippen LogP contribution in [0, 0.1) is 11.6 Å². The molecule has 2 aliphatic rings. The van der Waals surface area contributed by atoms with Crippen molar-refractivity contribution in [1.29, 1.82) is 0 Å².